The lowest BCUT2D eigenvalue weighted by Crippen LogP contribution is -2.39. The quantitative estimate of drug-likeness (QED) is 0.247. The van der Waals surface area contributed by atoms with Crippen molar-refractivity contribution in [2.24, 2.45) is 10.9 Å². The lowest BCUT2D eigenvalue weighted by atomic mass is 10.1. The highest BCUT2D eigenvalue weighted by atomic mass is 127. The maximum absolute atomic E-state index is 13.8. The minimum absolute atomic E-state index is 0. The lowest BCUT2D eigenvalue weighted by Gasteiger charge is -2.22. The van der Waals surface area contributed by atoms with E-state index in [9.17, 15) is 4.39 Å². The SMILES string of the molecule is CN=C(NCCCOCC1CCOC1)N(C)Cc1ccc(OC)c(F)c1.I. The predicted octanol–water partition coefficient (Wildman–Crippen LogP) is 2.90. The summed E-state index contributed by atoms with van der Waals surface area (Å²) in [7, 11) is 5.12. The molecule has 1 N–H and O–H groups in total. The first-order chi connectivity index (χ1) is 12.6. The fourth-order valence-electron chi connectivity index (χ4n) is 2.88. The minimum atomic E-state index is -0.355. The normalized spacial score (nSPS) is 16.7. The number of nitrogens with one attached hydrogen (secondary N) is 1. The third-order valence-electron chi connectivity index (χ3n) is 4.34. The first-order valence-electron chi connectivity index (χ1n) is 9.03. The van der Waals surface area contributed by atoms with Crippen molar-refractivity contribution in [2.75, 3.05) is 54.2 Å². The number of nitrogens with zero attached hydrogens (tertiary/aromatic N) is 2. The first kappa shape index (κ1) is 23.9. The van der Waals surface area contributed by atoms with Gasteiger partial charge in [0.1, 0.15) is 0 Å². The average molecular weight is 495 g/mol. The van der Waals surface area contributed by atoms with Crippen LogP contribution < -0.4 is 10.1 Å². The van der Waals surface area contributed by atoms with Gasteiger partial charge in [-0.15, -0.1) is 24.0 Å². The van der Waals surface area contributed by atoms with Crippen molar-refractivity contribution in [1.82, 2.24) is 10.2 Å². The van der Waals surface area contributed by atoms with E-state index in [1.165, 1.54) is 13.2 Å². The fraction of sp³-hybridized carbons (Fsp3) is 0.632. The lowest BCUT2D eigenvalue weighted by molar-refractivity contribution is 0.0887. The monoisotopic (exact) mass is 495 g/mol. The van der Waals surface area contributed by atoms with Gasteiger partial charge in [-0.05, 0) is 30.5 Å². The molecule has 0 aliphatic carbocycles. The van der Waals surface area contributed by atoms with Crippen LogP contribution in [-0.4, -0.2) is 65.0 Å². The van der Waals surface area contributed by atoms with Crippen molar-refractivity contribution in [3.8, 4) is 5.75 Å². The van der Waals surface area contributed by atoms with E-state index in [0.717, 1.165) is 50.7 Å². The molecule has 6 nitrogen and oxygen atoms in total. The molecule has 8 heteroatoms. The zero-order valence-corrected chi connectivity index (χ0v) is 18.7. The summed E-state index contributed by atoms with van der Waals surface area (Å²) in [5.41, 5.74) is 0.857. The molecule has 1 fully saturated rings. The largest absolute Gasteiger partial charge is 0.494 e. The van der Waals surface area contributed by atoms with E-state index in [4.69, 9.17) is 14.2 Å². The molecule has 0 aromatic heterocycles. The van der Waals surface area contributed by atoms with Crippen LogP contribution in [0.25, 0.3) is 0 Å². The molecular formula is C19H31FIN3O3. The van der Waals surface area contributed by atoms with Gasteiger partial charge in [0, 0.05) is 46.3 Å². The Balaban J connectivity index is 0.00000364. The highest BCUT2D eigenvalue weighted by Gasteiger charge is 2.15. The van der Waals surface area contributed by atoms with Gasteiger partial charge in [-0.1, -0.05) is 6.07 Å². The van der Waals surface area contributed by atoms with Gasteiger partial charge < -0.3 is 24.4 Å². The Morgan fingerprint density at radius 1 is 1.44 bits per heavy atom. The highest BCUT2D eigenvalue weighted by Crippen LogP contribution is 2.18. The zero-order chi connectivity index (χ0) is 18.8. The first-order valence-corrected chi connectivity index (χ1v) is 9.03. The molecule has 0 amide bonds. The molecule has 1 atom stereocenters. The summed E-state index contributed by atoms with van der Waals surface area (Å²) in [5, 5.41) is 3.31. The van der Waals surface area contributed by atoms with E-state index in [0.29, 0.717) is 19.1 Å². The summed E-state index contributed by atoms with van der Waals surface area (Å²) in [5.74, 6) is 1.21. The summed E-state index contributed by atoms with van der Waals surface area (Å²) < 4.78 is 29.8. The molecule has 0 spiro atoms. The number of aliphatic imine (C=N–C) groups is 1. The molecule has 154 valence electrons. The van der Waals surface area contributed by atoms with Crippen LogP contribution in [0.4, 0.5) is 4.39 Å². The predicted molar refractivity (Wildman–Crippen MR) is 116 cm³/mol. The van der Waals surface area contributed by atoms with Gasteiger partial charge >= 0.3 is 0 Å². The van der Waals surface area contributed by atoms with Gasteiger partial charge in [0.2, 0.25) is 0 Å². The number of ether oxygens (including phenoxy) is 3. The Morgan fingerprint density at radius 3 is 2.89 bits per heavy atom. The van der Waals surface area contributed by atoms with Crippen molar-refractivity contribution in [2.45, 2.75) is 19.4 Å². The van der Waals surface area contributed by atoms with Crippen molar-refractivity contribution in [3.63, 3.8) is 0 Å². The third kappa shape index (κ3) is 8.18. The van der Waals surface area contributed by atoms with E-state index < -0.39 is 0 Å². The second kappa shape index (κ2) is 13.1. The van der Waals surface area contributed by atoms with Crippen LogP contribution in [-0.2, 0) is 16.0 Å². The van der Waals surface area contributed by atoms with Crippen molar-refractivity contribution in [3.05, 3.63) is 29.6 Å². The molecule has 0 radical (unpaired) electrons. The average Bonchev–Trinajstić information content (AvgIpc) is 3.14. The second-order valence-corrected chi connectivity index (χ2v) is 6.46. The molecule has 1 aromatic carbocycles. The summed E-state index contributed by atoms with van der Waals surface area (Å²) in [4.78, 5) is 6.23. The van der Waals surface area contributed by atoms with Gasteiger partial charge in [-0.3, -0.25) is 4.99 Å². The molecule has 0 bridgehead atoms. The van der Waals surface area contributed by atoms with E-state index in [1.807, 2.05) is 18.0 Å². The maximum atomic E-state index is 13.8. The van der Waals surface area contributed by atoms with E-state index in [1.54, 1.807) is 13.1 Å². The molecule has 1 aliphatic heterocycles. The Bertz CT molecular complexity index is 583. The number of halogens is 2. The van der Waals surface area contributed by atoms with Gasteiger partial charge in [-0.25, -0.2) is 4.39 Å². The standard InChI is InChI=1S/C19H30FN3O3.HI/c1-21-19(22-8-4-9-25-13-16-7-10-26-14-16)23(2)12-15-5-6-18(24-3)17(20)11-15;/h5-6,11,16H,4,7-10,12-14H2,1-3H3,(H,21,22);1H. The molecule has 1 aliphatic rings. The molecule has 0 saturated carbocycles. The molecule has 1 heterocycles. The molecule has 1 saturated heterocycles. The van der Waals surface area contributed by atoms with Crippen LogP contribution in [0.5, 0.6) is 5.75 Å². The van der Waals surface area contributed by atoms with Crippen LogP contribution >= 0.6 is 24.0 Å². The van der Waals surface area contributed by atoms with E-state index in [-0.39, 0.29) is 35.5 Å². The van der Waals surface area contributed by atoms with E-state index >= 15 is 0 Å². The van der Waals surface area contributed by atoms with Crippen molar-refractivity contribution >= 4 is 29.9 Å². The molecular weight excluding hydrogens is 464 g/mol. The van der Waals surface area contributed by atoms with Crippen LogP contribution in [0.1, 0.15) is 18.4 Å². The number of hydrogen-bond donors (Lipinski definition) is 1. The van der Waals surface area contributed by atoms with Crippen LogP contribution in [0.3, 0.4) is 0 Å². The van der Waals surface area contributed by atoms with Gasteiger partial charge in [0.05, 0.1) is 20.3 Å². The summed E-state index contributed by atoms with van der Waals surface area (Å²) >= 11 is 0. The number of methoxy groups -OCH3 is 1. The number of benzene rings is 1. The molecule has 2 rings (SSSR count). The smallest absolute Gasteiger partial charge is 0.193 e. The Hall–Kier alpha value is -1.13. The Kier molecular flexibility index (Phi) is 11.6. The number of rotatable bonds is 9. The molecule has 1 unspecified atom stereocenters. The topological polar surface area (TPSA) is 55.3 Å². The van der Waals surface area contributed by atoms with Crippen LogP contribution in [0, 0.1) is 11.7 Å². The Labute approximate surface area is 178 Å². The molecule has 27 heavy (non-hydrogen) atoms. The van der Waals surface area contributed by atoms with Crippen molar-refractivity contribution in [1.29, 1.82) is 0 Å². The van der Waals surface area contributed by atoms with Crippen LogP contribution in [0.15, 0.2) is 23.2 Å². The zero-order valence-electron chi connectivity index (χ0n) is 16.4. The van der Waals surface area contributed by atoms with Gasteiger partial charge in [-0.2, -0.15) is 0 Å². The minimum Gasteiger partial charge on any atom is -0.494 e. The van der Waals surface area contributed by atoms with Gasteiger partial charge in [0.15, 0.2) is 17.5 Å². The van der Waals surface area contributed by atoms with E-state index in [2.05, 4.69) is 10.3 Å². The highest BCUT2D eigenvalue weighted by molar-refractivity contribution is 14.0. The molecule has 1 aromatic rings. The summed E-state index contributed by atoms with van der Waals surface area (Å²) in [6.07, 6.45) is 2.00. The maximum Gasteiger partial charge on any atom is 0.193 e. The van der Waals surface area contributed by atoms with Crippen LogP contribution in [0.2, 0.25) is 0 Å². The Morgan fingerprint density at radius 2 is 2.26 bits per heavy atom. The summed E-state index contributed by atoms with van der Waals surface area (Å²) in [6, 6.07) is 4.98. The van der Waals surface area contributed by atoms with Gasteiger partial charge in [0.25, 0.3) is 0 Å². The van der Waals surface area contributed by atoms with Crippen molar-refractivity contribution < 1.29 is 18.6 Å². The third-order valence-corrected chi connectivity index (χ3v) is 4.34. The summed E-state index contributed by atoms with van der Waals surface area (Å²) in [6.45, 7) is 4.50. The number of guanidine groups is 1. The number of hydrogen-bond acceptors (Lipinski definition) is 4. The second-order valence-electron chi connectivity index (χ2n) is 6.46. The fourth-order valence-corrected chi connectivity index (χ4v) is 2.88.